The van der Waals surface area contributed by atoms with Crippen molar-refractivity contribution in [3.8, 4) is 22.6 Å². The van der Waals surface area contributed by atoms with Crippen molar-refractivity contribution in [3.63, 3.8) is 0 Å². The molecule has 0 radical (unpaired) electrons. The number of nitrogens with zero attached hydrogens (tertiary/aromatic N) is 5. The number of benzene rings is 3. The lowest BCUT2D eigenvalue weighted by atomic mass is 10.0. The molecule has 0 amide bonds. The maximum atomic E-state index is 13.8. The Hall–Kier alpha value is -4.52. The molecule has 204 valence electrons. The van der Waals surface area contributed by atoms with Crippen molar-refractivity contribution in [1.29, 1.82) is 0 Å². The minimum atomic E-state index is -5.05. The smallest absolute Gasteiger partial charge is 0.287 e. The molecule has 7 nitrogen and oxygen atoms in total. The molecular formula is C26H15ClF6N6O. The van der Waals surface area contributed by atoms with Gasteiger partial charge >= 0.3 is 12.4 Å². The van der Waals surface area contributed by atoms with Gasteiger partial charge in [0.1, 0.15) is 17.1 Å². The summed E-state index contributed by atoms with van der Waals surface area (Å²) in [4.78, 5) is 13.8. The number of ketones is 1. The van der Waals surface area contributed by atoms with Gasteiger partial charge in [0.05, 0.1) is 28.4 Å². The Balaban J connectivity index is 1.68. The van der Waals surface area contributed by atoms with Crippen LogP contribution in [0, 0.1) is 0 Å². The van der Waals surface area contributed by atoms with Crippen LogP contribution in [0.15, 0.2) is 72.8 Å². The lowest BCUT2D eigenvalue weighted by molar-refractivity contribution is -0.143. The van der Waals surface area contributed by atoms with Crippen LogP contribution < -0.4 is 0 Å². The normalized spacial score (nSPS) is 12.1. The number of hydrogen-bond acceptors (Lipinski definition) is 5. The minimum absolute atomic E-state index is 0.0127. The van der Waals surface area contributed by atoms with E-state index in [1.165, 1.54) is 12.1 Å². The topological polar surface area (TPSA) is 89.3 Å². The van der Waals surface area contributed by atoms with Crippen LogP contribution in [0.1, 0.15) is 32.7 Å². The molecule has 0 fully saturated rings. The van der Waals surface area contributed by atoms with Crippen LogP contribution in [0.4, 0.5) is 26.3 Å². The van der Waals surface area contributed by atoms with Crippen LogP contribution >= 0.6 is 11.6 Å². The third-order valence-corrected chi connectivity index (χ3v) is 6.21. The van der Waals surface area contributed by atoms with Gasteiger partial charge in [0.2, 0.25) is 5.78 Å². The predicted molar refractivity (Wildman–Crippen MR) is 131 cm³/mol. The van der Waals surface area contributed by atoms with Crippen LogP contribution in [0.5, 0.6) is 0 Å². The van der Waals surface area contributed by atoms with Gasteiger partial charge < -0.3 is 0 Å². The van der Waals surface area contributed by atoms with E-state index in [9.17, 15) is 31.1 Å². The van der Waals surface area contributed by atoms with E-state index in [4.69, 9.17) is 11.6 Å². The van der Waals surface area contributed by atoms with Crippen molar-refractivity contribution >= 4 is 17.4 Å². The Bertz CT molecular complexity index is 1660. The number of aromatic nitrogens is 6. The molecule has 5 rings (SSSR count). The van der Waals surface area contributed by atoms with E-state index in [2.05, 4.69) is 25.7 Å². The molecule has 0 unspecified atom stereocenters. The first-order valence-corrected chi connectivity index (χ1v) is 11.8. The van der Waals surface area contributed by atoms with E-state index in [0.29, 0.717) is 23.4 Å². The number of rotatable bonds is 6. The van der Waals surface area contributed by atoms with Gasteiger partial charge in [-0.15, -0.1) is 10.2 Å². The Labute approximate surface area is 226 Å². The number of aromatic amines is 1. The highest BCUT2D eigenvalue weighted by atomic mass is 35.5. The fourth-order valence-corrected chi connectivity index (χ4v) is 4.29. The second-order valence-electron chi connectivity index (χ2n) is 8.57. The monoisotopic (exact) mass is 576 g/mol. The third kappa shape index (κ3) is 5.32. The molecule has 1 N–H and O–H groups in total. The largest absolute Gasteiger partial charge is 0.416 e. The molecular weight excluding hydrogens is 562 g/mol. The van der Waals surface area contributed by atoms with Crippen molar-refractivity contribution in [3.05, 3.63) is 106 Å². The highest BCUT2D eigenvalue weighted by Crippen LogP contribution is 2.37. The van der Waals surface area contributed by atoms with E-state index in [-0.39, 0.29) is 33.7 Å². The van der Waals surface area contributed by atoms with Gasteiger partial charge in [0.15, 0.2) is 0 Å². The van der Waals surface area contributed by atoms with Crippen LogP contribution in [0.25, 0.3) is 22.6 Å². The summed E-state index contributed by atoms with van der Waals surface area (Å²) in [7, 11) is 0. The summed E-state index contributed by atoms with van der Waals surface area (Å²) >= 11 is 6.24. The number of halogens is 7. The highest BCUT2D eigenvalue weighted by Gasteiger charge is 2.37. The Morgan fingerprint density at radius 3 is 2.08 bits per heavy atom. The molecule has 0 saturated carbocycles. The zero-order valence-electron chi connectivity index (χ0n) is 19.9. The van der Waals surface area contributed by atoms with Crippen molar-refractivity contribution < 1.29 is 31.1 Å². The van der Waals surface area contributed by atoms with E-state index in [0.717, 1.165) is 4.68 Å². The quantitative estimate of drug-likeness (QED) is 0.179. The van der Waals surface area contributed by atoms with Gasteiger partial charge in [0.25, 0.3) is 0 Å². The summed E-state index contributed by atoms with van der Waals surface area (Å²) in [5, 5.41) is 18.6. The molecule has 2 aromatic heterocycles. The number of nitrogens with one attached hydrogen (secondary N) is 1. The molecule has 0 aliphatic heterocycles. The van der Waals surface area contributed by atoms with Crippen LogP contribution in [0.3, 0.4) is 0 Å². The van der Waals surface area contributed by atoms with Crippen molar-refractivity contribution in [2.45, 2.75) is 18.9 Å². The first-order chi connectivity index (χ1) is 18.9. The van der Waals surface area contributed by atoms with Gasteiger partial charge in [-0.1, -0.05) is 64.5 Å². The maximum Gasteiger partial charge on any atom is 0.416 e. The van der Waals surface area contributed by atoms with Crippen LogP contribution in [0.2, 0.25) is 5.02 Å². The molecule has 0 aliphatic rings. The van der Waals surface area contributed by atoms with Gasteiger partial charge in [-0.2, -0.15) is 26.3 Å². The van der Waals surface area contributed by atoms with Gasteiger partial charge in [-0.05, 0) is 35.9 Å². The summed E-state index contributed by atoms with van der Waals surface area (Å²) in [5.41, 5.74) is -2.67. The van der Waals surface area contributed by atoms with E-state index in [1.54, 1.807) is 42.5 Å². The van der Waals surface area contributed by atoms with Crippen molar-refractivity contribution in [2.24, 2.45) is 0 Å². The molecule has 2 heterocycles. The van der Waals surface area contributed by atoms with E-state index in [1.807, 2.05) is 0 Å². The molecule has 14 heteroatoms. The standard InChI is InChI=1S/C26H15ClF6N6O/c27-19-9-5-4-8-18(19)24(40)23-22(21-20(34-37-35-21)15-6-2-1-3-7-15)36-38-39(23)13-14-10-16(25(28,29)30)12-17(11-14)26(31,32)33/h1-12H,13H2,(H,34,35,37). The number of carbonyl (C=O) groups is 1. The minimum Gasteiger partial charge on any atom is -0.287 e. The summed E-state index contributed by atoms with van der Waals surface area (Å²) in [6.45, 7) is -0.649. The Morgan fingerprint density at radius 1 is 0.825 bits per heavy atom. The first kappa shape index (κ1) is 27.1. The number of hydrogen-bond donors (Lipinski definition) is 1. The zero-order chi connectivity index (χ0) is 28.7. The summed E-state index contributed by atoms with van der Waals surface area (Å²) in [6.07, 6.45) is -10.1. The SMILES string of the molecule is O=C(c1ccccc1Cl)c1c(-c2nn[nH]c2-c2ccccc2)nnn1Cc1cc(C(F)(F)F)cc(C(F)(F)F)c1. The fourth-order valence-electron chi connectivity index (χ4n) is 4.06. The van der Waals surface area contributed by atoms with Gasteiger partial charge in [0, 0.05) is 11.1 Å². The molecule has 0 bridgehead atoms. The Morgan fingerprint density at radius 2 is 1.45 bits per heavy atom. The molecule has 0 atom stereocenters. The second kappa shape index (κ2) is 10.2. The predicted octanol–water partition coefficient (Wildman–Crippen LogP) is 6.70. The average Bonchev–Trinajstić information content (AvgIpc) is 3.55. The fraction of sp³-hybridized carbons (Fsp3) is 0.115. The molecule has 3 aromatic carbocycles. The van der Waals surface area contributed by atoms with E-state index >= 15 is 0 Å². The summed E-state index contributed by atoms with van der Waals surface area (Å²) in [6, 6.07) is 15.9. The summed E-state index contributed by atoms with van der Waals surface area (Å²) < 4.78 is 81.6. The molecule has 0 saturated heterocycles. The molecule has 0 spiro atoms. The lowest BCUT2D eigenvalue weighted by Gasteiger charge is -2.15. The Kier molecular flexibility index (Phi) is 6.92. The molecule has 40 heavy (non-hydrogen) atoms. The average molecular weight is 577 g/mol. The number of alkyl halides is 6. The van der Waals surface area contributed by atoms with Crippen molar-refractivity contribution in [2.75, 3.05) is 0 Å². The van der Waals surface area contributed by atoms with E-state index < -0.39 is 41.4 Å². The molecule has 0 aliphatic carbocycles. The summed E-state index contributed by atoms with van der Waals surface area (Å²) in [5.74, 6) is -0.726. The highest BCUT2D eigenvalue weighted by molar-refractivity contribution is 6.35. The zero-order valence-corrected chi connectivity index (χ0v) is 20.7. The molecule has 5 aromatic rings. The van der Waals surface area contributed by atoms with Gasteiger partial charge in [-0.3, -0.25) is 9.89 Å². The van der Waals surface area contributed by atoms with Gasteiger partial charge in [-0.25, -0.2) is 4.68 Å². The second-order valence-corrected chi connectivity index (χ2v) is 8.98. The lowest BCUT2D eigenvalue weighted by Crippen LogP contribution is -2.16. The van der Waals surface area contributed by atoms with Crippen LogP contribution in [-0.2, 0) is 18.9 Å². The number of H-pyrrole nitrogens is 1. The first-order valence-electron chi connectivity index (χ1n) is 11.4. The van der Waals surface area contributed by atoms with Crippen molar-refractivity contribution in [1.82, 2.24) is 30.4 Å². The van der Waals surface area contributed by atoms with Crippen LogP contribution in [-0.4, -0.2) is 36.2 Å². The number of carbonyl (C=O) groups excluding carboxylic acids is 1. The maximum absolute atomic E-state index is 13.8. The third-order valence-electron chi connectivity index (χ3n) is 5.88.